The molecule has 0 bridgehead atoms. The van der Waals surface area contributed by atoms with Gasteiger partial charge in [0.2, 0.25) is 0 Å². The Morgan fingerprint density at radius 3 is 2.37 bits per heavy atom. The Balaban J connectivity index is 1.82. The fourth-order valence-corrected chi connectivity index (χ4v) is 4.81. The number of nitriles is 1. The van der Waals surface area contributed by atoms with Gasteiger partial charge in [0, 0.05) is 35.1 Å². The molecule has 4 aromatic rings. The number of aromatic carboxylic acids is 1. The number of carbonyl (C=O) groups is 3. The quantitative estimate of drug-likeness (QED) is 0.249. The van der Waals surface area contributed by atoms with E-state index in [4.69, 9.17) is 16.3 Å². The van der Waals surface area contributed by atoms with Gasteiger partial charge in [0.05, 0.1) is 36.5 Å². The maximum Gasteiger partial charge on any atom is 0.335 e. The number of aromatic nitrogens is 1. The molecule has 8 nitrogen and oxygen atoms in total. The Labute approximate surface area is 241 Å². The second kappa shape index (κ2) is 12.5. The lowest BCUT2D eigenvalue weighted by Gasteiger charge is -2.22. The third-order valence-electron chi connectivity index (χ3n) is 6.69. The molecule has 0 amide bonds. The van der Waals surface area contributed by atoms with Crippen LogP contribution in [0.25, 0.3) is 11.1 Å². The van der Waals surface area contributed by atoms with Gasteiger partial charge in [-0.3, -0.25) is 14.4 Å². The third-order valence-corrected chi connectivity index (χ3v) is 6.92. The Kier molecular flexibility index (Phi) is 8.81. The lowest BCUT2D eigenvalue weighted by molar-refractivity contribution is -0.121. The summed E-state index contributed by atoms with van der Waals surface area (Å²) in [5.41, 5.74) is 2.38. The second-order valence-electron chi connectivity index (χ2n) is 9.42. The molecule has 0 aliphatic rings. The van der Waals surface area contributed by atoms with E-state index in [0.717, 1.165) is 0 Å². The summed E-state index contributed by atoms with van der Waals surface area (Å²) in [6.07, 6.45) is 1.48. The Hall–Kier alpha value is -5.00. The van der Waals surface area contributed by atoms with Gasteiger partial charge in [-0.15, -0.1) is 0 Å². The summed E-state index contributed by atoms with van der Waals surface area (Å²) in [7, 11) is 1.42. The number of rotatable bonds is 10. The zero-order valence-corrected chi connectivity index (χ0v) is 23.0. The van der Waals surface area contributed by atoms with Crippen LogP contribution in [0.3, 0.4) is 0 Å². The maximum absolute atomic E-state index is 13.7. The highest BCUT2D eigenvalue weighted by molar-refractivity contribution is 6.31. The van der Waals surface area contributed by atoms with Gasteiger partial charge in [-0.1, -0.05) is 35.9 Å². The number of pyridine rings is 1. The molecule has 0 aliphatic carbocycles. The summed E-state index contributed by atoms with van der Waals surface area (Å²) >= 11 is 6.21. The van der Waals surface area contributed by atoms with Crippen molar-refractivity contribution in [2.24, 2.45) is 0 Å². The molecule has 0 fully saturated rings. The van der Waals surface area contributed by atoms with Crippen molar-refractivity contribution in [2.75, 3.05) is 7.11 Å². The molecule has 0 unspecified atom stereocenters. The first-order valence-corrected chi connectivity index (χ1v) is 12.9. The van der Waals surface area contributed by atoms with Crippen LogP contribution in [0.2, 0.25) is 5.02 Å². The first-order valence-electron chi connectivity index (χ1n) is 12.6. The topological polar surface area (TPSA) is 126 Å². The van der Waals surface area contributed by atoms with E-state index in [-0.39, 0.29) is 35.7 Å². The molecule has 4 rings (SSSR count). The normalized spacial score (nSPS) is 11.4. The number of nitrogens with zero attached hydrogens (tertiary/aromatic N) is 2. The number of benzene rings is 3. The van der Waals surface area contributed by atoms with Gasteiger partial charge in [0.25, 0.3) is 5.56 Å². The summed E-state index contributed by atoms with van der Waals surface area (Å²) in [5.74, 6) is -1.35. The van der Waals surface area contributed by atoms with E-state index in [1.54, 1.807) is 54.6 Å². The fraction of sp³-hybridized carbons (Fsp3) is 0.156. The van der Waals surface area contributed by atoms with Crippen molar-refractivity contribution >= 4 is 29.1 Å². The fourth-order valence-electron chi connectivity index (χ4n) is 4.63. The number of carbonyl (C=O) groups excluding carboxylic acids is 2. The Morgan fingerprint density at radius 2 is 1.73 bits per heavy atom. The van der Waals surface area contributed by atoms with Crippen molar-refractivity contribution < 1.29 is 24.2 Å². The number of carboxylic acids is 1. The number of hydrogen-bond acceptors (Lipinski definition) is 6. The molecule has 9 heteroatoms. The van der Waals surface area contributed by atoms with Gasteiger partial charge >= 0.3 is 5.97 Å². The van der Waals surface area contributed by atoms with Crippen LogP contribution < -0.4 is 10.3 Å². The second-order valence-corrected chi connectivity index (χ2v) is 9.86. The van der Waals surface area contributed by atoms with Crippen LogP contribution in [-0.4, -0.2) is 34.3 Å². The van der Waals surface area contributed by atoms with Crippen LogP contribution in [0.5, 0.6) is 5.75 Å². The molecule has 1 aromatic heterocycles. The number of Topliss-reactive ketones (excluding diaryl/α,β-unsaturated/α-hetero) is 2. The van der Waals surface area contributed by atoms with Crippen molar-refractivity contribution in [3.8, 4) is 22.9 Å². The lowest BCUT2D eigenvalue weighted by atomic mass is 9.95. The number of ketones is 2. The SMILES string of the molecule is COc1cn([C@@H](Cc2cccc(C#N)c2)C(=O)Cc2ccc(C(=O)O)cc2)c(=O)cc1-c1cc(Cl)ccc1C(C)=O. The molecular formula is C32H25ClN2O6. The van der Waals surface area contributed by atoms with Gasteiger partial charge in [-0.05, 0) is 66.1 Å². The average molecular weight is 569 g/mol. The molecule has 3 aromatic carbocycles. The van der Waals surface area contributed by atoms with E-state index in [1.807, 2.05) is 0 Å². The van der Waals surface area contributed by atoms with Gasteiger partial charge in [0.15, 0.2) is 11.6 Å². The molecule has 0 saturated carbocycles. The minimum atomic E-state index is -1.08. The summed E-state index contributed by atoms with van der Waals surface area (Å²) < 4.78 is 6.90. The first kappa shape index (κ1) is 29.0. The van der Waals surface area contributed by atoms with Gasteiger partial charge in [-0.2, -0.15) is 5.26 Å². The van der Waals surface area contributed by atoms with E-state index in [2.05, 4.69) is 6.07 Å². The monoisotopic (exact) mass is 568 g/mol. The van der Waals surface area contributed by atoms with Crippen LogP contribution in [0, 0.1) is 11.3 Å². The highest BCUT2D eigenvalue weighted by Crippen LogP contribution is 2.34. The Morgan fingerprint density at radius 1 is 1.00 bits per heavy atom. The number of methoxy groups -OCH3 is 1. The molecule has 0 aliphatic heterocycles. The van der Waals surface area contributed by atoms with E-state index in [9.17, 15) is 29.5 Å². The number of ether oxygens (including phenoxy) is 1. The summed E-state index contributed by atoms with van der Waals surface area (Å²) in [4.78, 5) is 50.9. The Bertz CT molecular complexity index is 1750. The van der Waals surface area contributed by atoms with Crippen LogP contribution in [-0.2, 0) is 17.6 Å². The highest BCUT2D eigenvalue weighted by Gasteiger charge is 2.25. The van der Waals surface area contributed by atoms with Crippen LogP contribution in [0.15, 0.2) is 83.8 Å². The summed E-state index contributed by atoms with van der Waals surface area (Å²) in [5, 5.41) is 18.9. The van der Waals surface area contributed by atoms with Crippen molar-refractivity contribution in [3.05, 3.63) is 122 Å². The standard InChI is InChI=1S/C32H25ClN2O6/c1-19(36)25-11-10-24(33)15-26(25)27-16-31(38)35(18-30(27)41-2)28(13-21-4-3-5-22(12-21)17-34)29(37)14-20-6-8-23(9-7-20)32(39)40/h3-12,15-16,18,28H,13-14H2,1-2H3,(H,39,40)/t28-/m0/s1. The predicted molar refractivity (Wildman–Crippen MR) is 154 cm³/mol. The number of carboxylic acid groups (broad SMARTS) is 1. The van der Waals surface area contributed by atoms with E-state index in [0.29, 0.717) is 38.4 Å². The molecule has 0 saturated heterocycles. The molecule has 206 valence electrons. The molecule has 1 N–H and O–H groups in total. The average Bonchev–Trinajstić information content (AvgIpc) is 2.96. The molecule has 1 heterocycles. The van der Waals surface area contributed by atoms with E-state index >= 15 is 0 Å². The first-order chi connectivity index (χ1) is 19.6. The van der Waals surface area contributed by atoms with Gasteiger partial charge in [0.1, 0.15) is 5.75 Å². The van der Waals surface area contributed by atoms with Crippen molar-refractivity contribution in [1.82, 2.24) is 4.57 Å². The zero-order valence-electron chi connectivity index (χ0n) is 22.3. The number of hydrogen-bond donors (Lipinski definition) is 1. The predicted octanol–water partition coefficient (Wildman–Crippen LogP) is 5.55. The van der Waals surface area contributed by atoms with Crippen LogP contribution in [0.4, 0.5) is 0 Å². The summed E-state index contributed by atoms with van der Waals surface area (Å²) in [6, 6.07) is 19.9. The molecule has 0 radical (unpaired) electrons. The minimum Gasteiger partial charge on any atom is -0.495 e. The maximum atomic E-state index is 13.7. The highest BCUT2D eigenvalue weighted by atomic mass is 35.5. The molecular weight excluding hydrogens is 544 g/mol. The van der Waals surface area contributed by atoms with Crippen LogP contribution >= 0.6 is 11.6 Å². The smallest absolute Gasteiger partial charge is 0.335 e. The van der Waals surface area contributed by atoms with E-state index < -0.39 is 17.6 Å². The third kappa shape index (κ3) is 6.60. The lowest BCUT2D eigenvalue weighted by Crippen LogP contribution is -2.32. The number of halogens is 1. The van der Waals surface area contributed by atoms with Crippen molar-refractivity contribution in [1.29, 1.82) is 5.26 Å². The van der Waals surface area contributed by atoms with Crippen molar-refractivity contribution in [2.45, 2.75) is 25.8 Å². The van der Waals surface area contributed by atoms with Crippen molar-refractivity contribution in [3.63, 3.8) is 0 Å². The van der Waals surface area contributed by atoms with E-state index in [1.165, 1.54) is 43.0 Å². The zero-order chi connectivity index (χ0) is 29.7. The van der Waals surface area contributed by atoms with Gasteiger partial charge in [-0.25, -0.2) is 4.79 Å². The molecule has 0 spiro atoms. The minimum absolute atomic E-state index is 0.0677. The molecule has 1 atom stereocenters. The van der Waals surface area contributed by atoms with Crippen LogP contribution in [0.1, 0.15) is 50.4 Å². The largest absolute Gasteiger partial charge is 0.495 e. The summed E-state index contributed by atoms with van der Waals surface area (Å²) in [6.45, 7) is 1.41. The molecule has 41 heavy (non-hydrogen) atoms. The van der Waals surface area contributed by atoms with Gasteiger partial charge < -0.3 is 14.4 Å².